The van der Waals surface area contributed by atoms with Gasteiger partial charge in [-0.3, -0.25) is 0 Å². The fourth-order valence-corrected chi connectivity index (χ4v) is 0.739. The van der Waals surface area contributed by atoms with E-state index in [9.17, 15) is 0 Å². The van der Waals surface area contributed by atoms with Crippen LogP contribution in [0.15, 0.2) is 0 Å². The first-order valence-corrected chi connectivity index (χ1v) is 3.83. The van der Waals surface area contributed by atoms with Crippen molar-refractivity contribution in [3.8, 4) is 11.7 Å². The molecule has 0 aliphatic rings. The zero-order chi connectivity index (χ0) is 7.11. The van der Waals surface area contributed by atoms with Crippen molar-refractivity contribution in [1.82, 2.24) is 0 Å². The minimum absolute atomic E-state index is 0.643. The van der Waals surface area contributed by atoms with E-state index in [-0.39, 0.29) is 0 Å². The van der Waals surface area contributed by atoms with E-state index >= 15 is 0 Å². The van der Waals surface area contributed by atoms with Crippen molar-refractivity contribution in [3.63, 3.8) is 0 Å². The molecule has 0 aromatic carbocycles. The second-order valence-corrected chi connectivity index (χ2v) is 2.19. The maximum Gasteiger partial charge on any atom is 0.230 e. The Kier molecular flexibility index (Phi) is 5.52. The molecule has 0 radical (unpaired) electrons. The Labute approximate surface area is 59.1 Å². The van der Waals surface area contributed by atoms with Crippen LogP contribution in [0.25, 0.3) is 0 Å². The number of rotatable bonds is 2. The van der Waals surface area contributed by atoms with Crippen LogP contribution in [0.3, 0.4) is 0 Å². The Hall–Kier alpha value is -0.375. The summed E-state index contributed by atoms with van der Waals surface area (Å²) in [5.74, 6) is 6.32. The number of hydrogen-bond acceptors (Lipinski definition) is 0. The lowest BCUT2D eigenvalue weighted by atomic mass is 9.47. The molecular formula is C8H15B. The highest BCUT2D eigenvalue weighted by Gasteiger charge is 2.01. The molecule has 0 saturated carbocycles. The van der Waals surface area contributed by atoms with Crippen LogP contribution in [-0.4, -0.2) is 6.71 Å². The molecule has 0 aliphatic heterocycles. The first-order valence-electron chi connectivity index (χ1n) is 3.83. The zero-order valence-electron chi connectivity index (χ0n) is 6.70. The molecule has 1 heteroatoms. The Balaban J connectivity index is 3.54. The monoisotopic (exact) mass is 122 g/mol. The Bertz CT molecular complexity index is 103. The predicted octanol–water partition coefficient (Wildman–Crippen LogP) is 2.47. The Morgan fingerprint density at radius 1 is 1.11 bits per heavy atom. The van der Waals surface area contributed by atoms with Crippen LogP contribution in [0, 0.1) is 11.7 Å². The van der Waals surface area contributed by atoms with Gasteiger partial charge in [0, 0.05) is 6.42 Å². The lowest BCUT2D eigenvalue weighted by Gasteiger charge is -1.94. The highest BCUT2D eigenvalue weighted by atomic mass is 13.7. The molecule has 0 aromatic rings. The van der Waals surface area contributed by atoms with Gasteiger partial charge in [0.2, 0.25) is 6.71 Å². The normalized spacial score (nSPS) is 7.89. The molecule has 0 saturated heterocycles. The summed E-state index contributed by atoms with van der Waals surface area (Å²) < 4.78 is 0. The molecule has 0 spiro atoms. The van der Waals surface area contributed by atoms with Crippen molar-refractivity contribution in [1.29, 1.82) is 0 Å². The smallest absolute Gasteiger partial charge is 0.155 e. The summed E-state index contributed by atoms with van der Waals surface area (Å²) in [4.78, 5) is 0. The van der Waals surface area contributed by atoms with Crippen molar-refractivity contribution in [3.05, 3.63) is 0 Å². The van der Waals surface area contributed by atoms with Crippen LogP contribution in [-0.2, 0) is 0 Å². The summed E-state index contributed by atoms with van der Waals surface area (Å²) in [5.41, 5.74) is 0. The van der Waals surface area contributed by atoms with E-state index in [4.69, 9.17) is 0 Å². The maximum atomic E-state index is 3.22. The fourth-order valence-electron chi connectivity index (χ4n) is 0.739. The molecule has 0 nitrogen and oxygen atoms in total. The molecule has 0 N–H and O–H groups in total. The first-order chi connectivity index (χ1) is 4.35. The molecule has 0 bridgehead atoms. The molecule has 0 aliphatic carbocycles. The lowest BCUT2D eigenvalue weighted by Crippen LogP contribution is -2.04. The molecule has 0 aromatic heterocycles. The summed E-state index contributed by atoms with van der Waals surface area (Å²) in [5, 5.41) is 0. The van der Waals surface area contributed by atoms with Crippen molar-refractivity contribution in [2.45, 2.75) is 39.8 Å². The molecule has 0 unspecified atom stereocenters. The van der Waals surface area contributed by atoms with Gasteiger partial charge in [0.25, 0.3) is 0 Å². The van der Waals surface area contributed by atoms with Gasteiger partial charge in [0.05, 0.1) is 0 Å². The van der Waals surface area contributed by atoms with Crippen LogP contribution < -0.4 is 0 Å². The SMILES string of the molecule is CCC#CB(CC)CC. The third-order valence-electron chi connectivity index (χ3n) is 1.47. The highest BCUT2D eigenvalue weighted by Crippen LogP contribution is 1.94. The summed E-state index contributed by atoms with van der Waals surface area (Å²) >= 11 is 0. The van der Waals surface area contributed by atoms with Crippen LogP contribution in [0.1, 0.15) is 27.2 Å². The van der Waals surface area contributed by atoms with E-state index in [1.807, 2.05) is 0 Å². The Morgan fingerprint density at radius 3 is 2.00 bits per heavy atom. The second-order valence-electron chi connectivity index (χ2n) is 2.19. The second kappa shape index (κ2) is 5.76. The van der Waals surface area contributed by atoms with E-state index in [1.54, 1.807) is 0 Å². The van der Waals surface area contributed by atoms with Crippen LogP contribution >= 0.6 is 0 Å². The summed E-state index contributed by atoms with van der Waals surface area (Å²) in [7, 11) is 0. The molecule has 50 valence electrons. The van der Waals surface area contributed by atoms with Gasteiger partial charge in [-0.1, -0.05) is 33.4 Å². The summed E-state index contributed by atoms with van der Waals surface area (Å²) in [6.07, 6.45) is 3.39. The third-order valence-corrected chi connectivity index (χ3v) is 1.47. The molecule has 9 heavy (non-hydrogen) atoms. The molecular weight excluding hydrogens is 107 g/mol. The standard InChI is InChI=1S/C8H15B/c1-4-7-8-9(5-2)6-3/h4-6H2,1-3H3. The molecule has 0 fully saturated rings. The minimum Gasteiger partial charge on any atom is -0.155 e. The highest BCUT2D eigenvalue weighted by molar-refractivity contribution is 6.67. The van der Waals surface area contributed by atoms with E-state index in [0.29, 0.717) is 6.71 Å². The van der Waals surface area contributed by atoms with Crippen molar-refractivity contribution >= 4 is 6.71 Å². The van der Waals surface area contributed by atoms with Crippen LogP contribution in [0.4, 0.5) is 0 Å². The van der Waals surface area contributed by atoms with E-state index in [2.05, 4.69) is 32.5 Å². The molecule has 0 amide bonds. The number of hydrogen-bond donors (Lipinski definition) is 0. The van der Waals surface area contributed by atoms with Gasteiger partial charge in [0.1, 0.15) is 0 Å². The van der Waals surface area contributed by atoms with Gasteiger partial charge in [-0.05, 0) is 0 Å². The average molecular weight is 122 g/mol. The van der Waals surface area contributed by atoms with Crippen LogP contribution in [0.5, 0.6) is 0 Å². The zero-order valence-corrected chi connectivity index (χ0v) is 6.70. The summed E-state index contributed by atoms with van der Waals surface area (Å²) in [6.45, 7) is 7.12. The third kappa shape index (κ3) is 4.15. The lowest BCUT2D eigenvalue weighted by molar-refractivity contribution is 1.28. The topological polar surface area (TPSA) is 0 Å². The van der Waals surface area contributed by atoms with Crippen LogP contribution in [0.2, 0.25) is 12.6 Å². The van der Waals surface area contributed by atoms with Gasteiger partial charge in [-0.2, -0.15) is 5.82 Å². The van der Waals surface area contributed by atoms with Gasteiger partial charge >= 0.3 is 0 Å². The molecule has 0 heterocycles. The molecule has 0 atom stereocenters. The maximum absolute atomic E-state index is 3.22. The summed E-state index contributed by atoms with van der Waals surface area (Å²) in [6, 6.07) is 0. The van der Waals surface area contributed by atoms with Crippen molar-refractivity contribution < 1.29 is 0 Å². The van der Waals surface area contributed by atoms with Crippen molar-refractivity contribution in [2.75, 3.05) is 0 Å². The van der Waals surface area contributed by atoms with E-state index in [0.717, 1.165) is 6.42 Å². The predicted molar refractivity (Wildman–Crippen MR) is 44.8 cm³/mol. The van der Waals surface area contributed by atoms with E-state index in [1.165, 1.54) is 12.6 Å². The molecule has 0 rings (SSSR count). The van der Waals surface area contributed by atoms with E-state index < -0.39 is 0 Å². The van der Waals surface area contributed by atoms with Gasteiger partial charge in [-0.15, -0.1) is 5.92 Å². The Morgan fingerprint density at radius 2 is 1.67 bits per heavy atom. The first kappa shape index (κ1) is 8.62. The fraction of sp³-hybridized carbons (Fsp3) is 0.750. The average Bonchev–Trinajstić information content (AvgIpc) is 1.91. The quantitative estimate of drug-likeness (QED) is 0.389. The van der Waals surface area contributed by atoms with Crippen molar-refractivity contribution in [2.24, 2.45) is 0 Å². The van der Waals surface area contributed by atoms with Gasteiger partial charge in [0.15, 0.2) is 0 Å². The minimum atomic E-state index is 0.643. The van der Waals surface area contributed by atoms with Gasteiger partial charge < -0.3 is 0 Å². The van der Waals surface area contributed by atoms with Gasteiger partial charge in [-0.25, -0.2) is 0 Å². The largest absolute Gasteiger partial charge is 0.230 e.